The minimum absolute atomic E-state index is 0. The van der Waals surface area contributed by atoms with E-state index in [9.17, 15) is 0 Å². The average Bonchev–Trinajstić information content (AvgIpc) is 3.16. The molecule has 0 saturated carbocycles. The summed E-state index contributed by atoms with van der Waals surface area (Å²) in [5.41, 5.74) is 2.13. The lowest BCUT2D eigenvalue weighted by atomic mass is 10.2. The molecular weight excluding hydrogens is 531 g/mol. The number of hydrogen-bond acceptors (Lipinski definition) is 5. The van der Waals surface area contributed by atoms with Crippen LogP contribution in [0.4, 0.5) is 0 Å². The van der Waals surface area contributed by atoms with Gasteiger partial charge in [0.1, 0.15) is 0 Å². The van der Waals surface area contributed by atoms with Crippen molar-refractivity contribution in [1.82, 2.24) is 15.6 Å². The van der Waals surface area contributed by atoms with Crippen molar-refractivity contribution >= 4 is 57.2 Å². The Morgan fingerprint density at radius 1 is 1.31 bits per heavy atom. The van der Waals surface area contributed by atoms with Crippen molar-refractivity contribution in [3.8, 4) is 11.5 Å². The molecule has 0 unspecified atom stereocenters. The van der Waals surface area contributed by atoms with E-state index in [4.69, 9.17) is 9.47 Å². The van der Waals surface area contributed by atoms with Crippen molar-refractivity contribution in [2.24, 2.45) is 4.99 Å². The summed E-state index contributed by atoms with van der Waals surface area (Å²) >= 11 is 5.23. The first-order chi connectivity index (χ1) is 12.1. The summed E-state index contributed by atoms with van der Waals surface area (Å²) in [4.78, 5) is 10.4. The van der Waals surface area contributed by atoms with Gasteiger partial charge in [0.2, 0.25) is 6.79 Å². The second-order valence-electron chi connectivity index (χ2n) is 5.60. The number of halogens is 2. The predicted octanol–water partition coefficient (Wildman–Crippen LogP) is 4.12. The van der Waals surface area contributed by atoms with Crippen molar-refractivity contribution in [3.63, 3.8) is 0 Å². The number of ether oxygens (including phenoxy) is 2. The standard InChI is InChI=1S/C17H21BrN4O2S.HI/c1-4-19-17(21-8-15-10(2)22-11(3)25-15)20-7-12-5-13(18)16-14(6-12)23-9-24-16;/h5-6H,4,7-9H2,1-3H3,(H2,19,20,21);1H. The van der Waals surface area contributed by atoms with Crippen LogP contribution in [0.3, 0.4) is 0 Å². The molecule has 2 aromatic rings. The van der Waals surface area contributed by atoms with Crippen LogP contribution in [-0.4, -0.2) is 24.3 Å². The number of rotatable bonds is 5. The minimum Gasteiger partial charge on any atom is -0.454 e. The Morgan fingerprint density at radius 2 is 2.12 bits per heavy atom. The topological polar surface area (TPSA) is 67.8 Å². The fourth-order valence-corrected chi connectivity index (χ4v) is 4.01. The molecule has 0 bridgehead atoms. The van der Waals surface area contributed by atoms with Gasteiger partial charge >= 0.3 is 0 Å². The molecule has 3 rings (SSSR count). The number of aliphatic imine (C=N–C) groups is 1. The fraction of sp³-hybridized carbons (Fsp3) is 0.412. The van der Waals surface area contributed by atoms with Gasteiger partial charge < -0.3 is 20.1 Å². The molecule has 0 amide bonds. The summed E-state index contributed by atoms with van der Waals surface area (Å²) in [6.45, 7) is 8.44. The highest BCUT2D eigenvalue weighted by atomic mass is 127. The van der Waals surface area contributed by atoms with Crippen LogP contribution in [0.1, 0.15) is 28.1 Å². The highest BCUT2D eigenvalue weighted by Crippen LogP contribution is 2.40. The van der Waals surface area contributed by atoms with E-state index in [0.717, 1.165) is 44.7 Å². The number of aryl methyl sites for hydroxylation is 2. The molecule has 6 nitrogen and oxygen atoms in total. The Bertz CT molecular complexity index is 797. The Morgan fingerprint density at radius 3 is 2.81 bits per heavy atom. The number of hydrogen-bond donors (Lipinski definition) is 2. The molecule has 1 aromatic carbocycles. The zero-order valence-corrected chi connectivity index (χ0v) is 19.6. The maximum absolute atomic E-state index is 5.46. The summed E-state index contributed by atoms with van der Waals surface area (Å²) < 4.78 is 11.8. The summed E-state index contributed by atoms with van der Waals surface area (Å²) in [6.07, 6.45) is 0. The SMILES string of the molecule is CCNC(=NCc1cc(Br)c2c(c1)OCO2)NCc1sc(C)nc1C.I. The van der Waals surface area contributed by atoms with E-state index in [2.05, 4.69) is 43.5 Å². The lowest BCUT2D eigenvalue weighted by Crippen LogP contribution is -2.36. The first kappa shape index (κ1) is 21.2. The minimum atomic E-state index is 0. The molecule has 1 aliphatic rings. The third-order valence-electron chi connectivity index (χ3n) is 3.67. The molecule has 0 spiro atoms. The number of fused-ring (bicyclic) bond motifs is 1. The van der Waals surface area contributed by atoms with Crippen molar-refractivity contribution in [2.75, 3.05) is 13.3 Å². The second kappa shape index (κ2) is 9.75. The zero-order valence-electron chi connectivity index (χ0n) is 14.9. The monoisotopic (exact) mass is 552 g/mol. The van der Waals surface area contributed by atoms with E-state index in [1.54, 1.807) is 11.3 Å². The first-order valence-corrected chi connectivity index (χ1v) is 9.71. The summed E-state index contributed by atoms with van der Waals surface area (Å²) in [5, 5.41) is 7.73. The van der Waals surface area contributed by atoms with Crippen molar-refractivity contribution in [2.45, 2.75) is 33.9 Å². The normalized spacial score (nSPS) is 12.7. The van der Waals surface area contributed by atoms with Gasteiger partial charge in [-0.3, -0.25) is 0 Å². The van der Waals surface area contributed by atoms with E-state index in [1.807, 2.05) is 26.0 Å². The summed E-state index contributed by atoms with van der Waals surface area (Å²) in [5.74, 6) is 2.30. The molecule has 2 heterocycles. The largest absolute Gasteiger partial charge is 0.454 e. The van der Waals surface area contributed by atoms with Crippen LogP contribution in [0.5, 0.6) is 11.5 Å². The highest BCUT2D eigenvalue weighted by molar-refractivity contribution is 14.0. The van der Waals surface area contributed by atoms with Crippen LogP contribution >= 0.6 is 51.2 Å². The van der Waals surface area contributed by atoms with Crippen LogP contribution in [0.15, 0.2) is 21.6 Å². The van der Waals surface area contributed by atoms with Crippen LogP contribution < -0.4 is 20.1 Å². The number of guanidine groups is 1. The Kier molecular flexibility index (Phi) is 7.96. The number of nitrogens with zero attached hydrogens (tertiary/aromatic N) is 2. The third kappa shape index (κ3) is 5.23. The van der Waals surface area contributed by atoms with Gasteiger partial charge in [-0.2, -0.15) is 0 Å². The predicted molar refractivity (Wildman–Crippen MR) is 119 cm³/mol. The summed E-state index contributed by atoms with van der Waals surface area (Å²) in [6, 6.07) is 3.98. The molecule has 1 aliphatic heterocycles. The smallest absolute Gasteiger partial charge is 0.231 e. The van der Waals surface area contributed by atoms with Gasteiger partial charge in [-0.15, -0.1) is 35.3 Å². The third-order valence-corrected chi connectivity index (χ3v) is 5.33. The van der Waals surface area contributed by atoms with Gasteiger partial charge in [0.15, 0.2) is 17.5 Å². The van der Waals surface area contributed by atoms with Crippen molar-refractivity contribution in [3.05, 3.63) is 37.7 Å². The van der Waals surface area contributed by atoms with Crippen LogP contribution in [-0.2, 0) is 13.1 Å². The lowest BCUT2D eigenvalue weighted by molar-refractivity contribution is 0.173. The van der Waals surface area contributed by atoms with Crippen LogP contribution in [0.2, 0.25) is 0 Å². The molecule has 0 radical (unpaired) electrons. The number of benzene rings is 1. The summed E-state index contributed by atoms with van der Waals surface area (Å²) in [7, 11) is 0. The number of nitrogens with one attached hydrogen (secondary N) is 2. The molecular formula is C17H22BrIN4O2S. The number of thiazole rings is 1. The molecule has 142 valence electrons. The Hall–Kier alpha value is -1.07. The van der Waals surface area contributed by atoms with Crippen LogP contribution in [0, 0.1) is 13.8 Å². The molecule has 0 aliphatic carbocycles. The highest BCUT2D eigenvalue weighted by Gasteiger charge is 2.17. The Labute approximate surface area is 182 Å². The maximum Gasteiger partial charge on any atom is 0.231 e. The molecule has 0 fully saturated rings. The van der Waals surface area contributed by atoms with Gasteiger partial charge in [-0.1, -0.05) is 0 Å². The lowest BCUT2D eigenvalue weighted by Gasteiger charge is -2.11. The van der Waals surface area contributed by atoms with E-state index in [1.165, 1.54) is 4.88 Å². The molecule has 0 atom stereocenters. The van der Waals surface area contributed by atoms with Gasteiger partial charge in [0.05, 0.1) is 28.3 Å². The van der Waals surface area contributed by atoms with Crippen LogP contribution in [0.25, 0.3) is 0 Å². The van der Waals surface area contributed by atoms with E-state index in [0.29, 0.717) is 13.1 Å². The maximum atomic E-state index is 5.46. The van der Waals surface area contributed by atoms with Gasteiger partial charge in [-0.25, -0.2) is 9.98 Å². The average molecular weight is 553 g/mol. The first-order valence-electron chi connectivity index (χ1n) is 8.10. The van der Waals surface area contributed by atoms with Gasteiger partial charge in [0.25, 0.3) is 0 Å². The van der Waals surface area contributed by atoms with Crippen molar-refractivity contribution < 1.29 is 9.47 Å². The van der Waals surface area contributed by atoms with E-state index in [-0.39, 0.29) is 30.8 Å². The molecule has 9 heteroatoms. The zero-order chi connectivity index (χ0) is 17.8. The number of aromatic nitrogens is 1. The van der Waals surface area contributed by atoms with Crippen molar-refractivity contribution in [1.29, 1.82) is 0 Å². The Balaban J connectivity index is 0.00000243. The quantitative estimate of drug-likeness (QED) is 0.332. The second-order valence-corrected chi connectivity index (χ2v) is 7.74. The van der Waals surface area contributed by atoms with E-state index >= 15 is 0 Å². The molecule has 1 aromatic heterocycles. The fourth-order valence-electron chi connectivity index (χ4n) is 2.53. The van der Waals surface area contributed by atoms with Gasteiger partial charge in [-0.05, 0) is 54.4 Å². The molecule has 26 heavy (non-hydrogen) atoms. The van der Waals surface area contributed by atoms with E-state index < -0.39 is 0 Å². The van der Waals surface area contributed by atoms with Gasteiger partial charge in [0, 0.05) is 11.4 Å². The molecule has 0 saturated heterocycles. The molecule has 2 N–H and O–H groups in total.